The topological polar surface area (TPSA) is 52.4 Å². The first-order valence-corrected chi connectivity index (χ1v) is 7.67. The second kappa shape index (κ2) is 6.08. The standard InChI is InChI=1S/C17H18BrNO3/c1-17(2,3)11-9-13(16(19(20)21)14(18)10-11)12-7-5-6-8-15(12)22-4/h5-10H,1-4H3. The molecule has 0 aliphatic rings. The van der Waals surface area contributed by atoms with Crippen molar-refractivity contribution in [1.82, 2.24) is 0 Å². The Balaban J connectivity index is 2.82. The monoisotopic (exact) mass is 363 g/mol. The molecule has 0 aromatic heterocycles. The van der Waals surface area contributed by atoms with E-state index in [1.807, 2.05) is 30.3 Å². The number of ether oxygens (including phenoxy) is 1. The molecule has 2 aromatic carbocycles. The molecular weight excluding hydrogens is 346 g/mol. The van der Waals surface area contributed by atoms with E-state index in [1.54, 1.807) is 13.2 Å². The van der Waals surface area contributed by atoms with E-state index < -0.39 is 0 Å². The molecule has 4 nitrogen and oxygen atoms in total. The average Bonchev–Trinajstić information content (AvgIpc) is 2.44. The lowest BCUT2D eigenvalue weighted by Crippen LogP contribution is -2.12. The Morgan fingerprint density at radius 3 is 2.32 bits per heavy atom. The van der Waals surface area contributed by atoms with Gasteiger partial charge in [-0.15, -0.1) is 0 Å². The van der Waals surface area contributed by atoms with Crippen LogP contribution in [0.3, 0.4) is 0 Å². The summed E-state index contributed by atoms with van der Waals surface area (Å²) in [5.41, 5.74) is 2.22. The van der Waals surface area contributed by atoms with Gasteiger partial charge in [0, 0.05) is 5.56 Å². The fraction of sp³-hybridized carbons (Fsp3) is 0.294. The number of nitro benzene ring substituents is 1. The molecule has 0 bridgehead atoms. The molecular formula is C17H18BrNO3. The lowest BCUT2D eigenvalue weighted by atomic mass is 9.85. The quantitative estimate of drug-likeness (QED) is 0.546. The minimum atomic E-state index is -0.363. The van der Waals surface area contributed by atoms with E-state index in [1.165, 1.54) is 0 Å². The second-order valence-corrected chi connectivity index (χ2v) is 6.92. The highest BCUT2D eigenvalue weighted by molar-refractivity contribution is 9.10. The Labute approximate surface area is 138 Å². The highest BCUT2D eigenvalue weighted by Crippen LogP contribution is 2.42. The van der Waals surface area contributed by atoms with Crippen LogP contribution in [0.25, 0.3) is 11.1 Å². The number of methoxy groups -OCH3 is 1. The zero-order valence-corrected chi connectivity index (χ0v) is 14.6. The lowest BCUT2D eigenvalue weighted by molar-refractivity contribution is -0.385. The van der Waals surface area contributed by atoms with Gasteiger partial charge >= 0.3 is 0 Å². The van der Waals surface area contributed by atoms with Crippen LogP contribution in [0.15, 0.2) is 40.9 Å². The molecule has 0 atom stereocenters. The molecule has 22 heavy (non-hydrogen) atoms. The molecule has 0 aliphatic heterocycles. The Morgan fingerprint density at radius 2 is 1.77 bits per heavy atom. The van der Waals surface area contributed by atoms with Gasteiger partial charge < -0.3 is 4.74 Å². The minimum absolute atomic E-state index is 0.0532. The first-order valence-electron chi connectivity index (χ1n) is 6.87. The van der Waals surface area contributed by atoms with Gasteiger partial charge in [0.15, 0.2) is 0 Å². The van der Waals surface area contributed by atoms with E-state index in [9.17, 15) is 10.1 Å². The fourth-order valence-corrected chi connectivity index (χ4v) is 2.90. The third-order valence-electron chi connectivity index (χ3n) is 3.51. The molecule has 0 saturated heterocycles. The highest BCUT2D eigenvalue weighted by Gasteiger charge is 2.26. The van der Waals surface area contributed by atoms with Crippen molar-refractivity contribution in [2.24, 2.45) is 0 Å². The molecule has 0 radical (unpaired) electrons. The van der Waals surface area contributed by atoms with Crippen molar-refractivity contribution >= 4 is 21.6 Å². The second-order valence-electron chi connectivity index (χ2n) is 6.06. The molecule has 0 amide bonds. The molecule has 0 saturated carbocycles. The number of hydrogen-bond acceptors (Lipinski definition) is 3. The molecule has 0 N–H and O–H groups in total. The largest absolute Gasteiger partial charge is 0.496 e. The summed E-state index contributed by atoms with van der Waals surface area (Å²) < 4.78 is 5.84. The summed E-state index contributed by atoms with van der Waals surface area (Å²) in [5.74, 6) is 0.614. The van der Waals surface area contributed by atoms with Gasteiger partial charge in [0.1, 0.15) is 5.75 Å². The van der Waals surface area contributed by atoms with Gasteiger partial charge in [0.05, 0.1) is 22.1 Å². The van der Waals surface area contributed by atoms with E-state index in [0.29, 0.717) is 21.3 Å². The average molecular weight is 364 g/mol. The maximum atomic E-state index is 11.5. The first-order chi connectivity index (χ1) is 10.3. The maximum absolute atomic E-state index is 11.5. The number of para-hydroxylation sites is 1. The minimum Gasteiger partial charge on any atom is -0.496 e. The van der Waals surface area contributed by atoms with Crippen molar-refractivity contribution in [3.05, 3.63) is 56.5 Å². The van der Waals surface area contributed by atoms with Crippen molar-refractivity contribution in [1.29, 1.82) is 0 Å². The summed E-state index contributed by atoms with van der Waals surface area (Å²) in [7, 11) is 1.56. The summed E-state index contributed by atoms with van der Waals surface area (Å²) in [5, 5.41) is 11.5. The zero-order chi connectivity index (χ0) is 16.5. The number of benzene rings is 2. The Hall–Kier alpha value is -1.88. The normalized spacial score (nSPS) is 11.3. The van der Waals surface area contributed by atoms with E-state index in [-0.39, 0.29) is 16.0 Å². The van der Waals surface area contributed by atoms with Gasteiger partial charge in [-0.05, 0) is 45.1 Å². The summed E-state index contributed by atoms with van der Waals surface area (Å²) in [6.45, 7) is 6.23. The predicted molar refractivity (Wildman–Crippen MR) is 91.5 cm³/mol. The number of halogens is 1. The first kappa shape index (κ1) is 16.5. The van der Waals surface area contributed by atoms with E-state index >= 15 is 0 Å². The van der Waals surface area contributed by atoms with Crippen LogP contribution in [-0.4, -0.2) is 12.0 Å². The van der Waals surface area contributed by atoms with Crippen LogP contribution < -0.4 is 4.74 Å². The molecule has 116 valence electrons. The van der Waals surface area contributed by atoms with Gasteiger partial charge in [-0.2, -0.15) is 0 Å². The molecule has 0 spiro atoms. The van der Waals surface area contributed by atoms with Gasteiger partial charge in [0.25, 0.3) is 5.69 Å². The molecule has 0 aliphatic carbocycles. The van der Waals surface area contributed by atoms with Crippen LogP contribution in [0.2, 0.25) is 0 Å². The van der Waals surface area contributed by atoms with Crippen molar-refractivity contribution in [3.63, 3.8) is 0 Å². The Morgan fingerprint density at radius 1 is 1.14 bits per heavy atom. The van der Waals surface area contributed by atoms with Crippen LogP contribution in [0.4, 0.5) is 5.69 Å². The van der Waals surface area contributed by atoms with Crippen molar-refractivity contribution in [3.8, 4) is 16.9 Å². The van der Waals surface area contributed by atoms with Crippen LogP contribution in [-0.2, 0) is 5.41 Å². The van der Waals surface area contributed by atoms with Gasteiger partial charge in [0.2, 0.25) is 0 Å². The summed E-state index contributed by atoms with van der Waals surface area (Å²) in [6, 6.07) is 11.0. The third-order valence-corrected chi connectivity index (χ3v) is 4.11. The maximum Gasteiger partial charge on any atom is 0.291 e. The molecule has 2 aromatic rings. The van der Waals surface area contributed by atoms with E-state index in [4.69, 9.17) is 4.74 Å². The van der Waals surface area contributed by atoms with Crippen LogP contribution in [0.5, 0.6) is 5.75 Å². The highest BCUT2D eigenvalue weighted by atomic mass is 79.9. The van der Waals surface area contributed by atoms with Crippen molar-refractivity contribution < 1.29 is 9.66 Å². The number of rotatable bonds is 3. The lowest BCUT2D eigenvalue weighted by Gasteiger charge is -2.21. The molecule has 0 fully saturated rings. The number of hydrogen-bond donors (Lipinski definition) is 0. The predicted octanol–water partition coefficient (Wildman–Crippen LogP) is 5.33. The zero-order valence-electron chi connectivity index (χ0n) is 13.0. The molecule has 2 rings (SSSR count). The Kier molecular flexibility index (Phi) is 4.56. The summed E-state index contributed by atoms with van der Waals surface area (Å²) in [6.07, 6.45) is 0. The summed E-state index contributed by atoms with van der Waals surface area (Å²) >= 11 is 3.35. The van der Waals surface area contributed by atoms with E-state index in [0.717, 1.165) is 5.56 Å². The van der Waals surface area contributed by atoms with Gasteiger partial charge in [-0.25, -0.2) is 0 Å². The van der Waals surface area contributed by atoms with Gasteiger partial charge in [-0.1, -0.05) is 39.0 Å². The van der Waals surface area contributed by atoms with Crippen molar-refractivity contribution in [2.75, 3.05) is 7.11 Å². The SMILES string of the molecule is COc1ccccc1-c1cc(C(C)(C)C)cc(Br)c1[N+](=O)[O-]. The number of nitrogens with zero attached hydrogens (tertiary/aromatic N) is 1. The van der Waals surface area contributed by atoms with Crippen LogP contribution in [0, 0.1) is 10.1 Å². The molecule has 5 heteroatoms. The molecule has 0 unspecified atom stereocenters. The Bertz CT molecular complexity index is 720. The van der Waals surface area contributed by atoms with Crippen molar-refractivity contribution in [2.45, 2.75) is 26.2 Å². The van der Waals surface area contributed by atoms with E-state index in [2.05, 4.69) is 36.7 Å². The molecule has 0 heterocycles. The van der Waals surface area contributed by atoms with Crippen LogP contribution >= 0.6 is 15.9 Å². The van der Waals surface area contributed by atoms with Gasteiger partial charge in [-0.3, -0.25) is 10.1 Å². The smallest absolute Gasteiger partial charge is 0.291 e. The third kappa shape index (κ3) is 3.14. The summed E-state index contributed by atoms with van der Waals surface area (Å²) in [4.78, 5) is 11.1. The fourth-order valence-electron chi connectivity index (χ4n) is 2.29. The van der Waals surface area contributed by atoms with Crippen LogP contribution in [0.1, 0.15) is 26.3 Å². The number of nitro groups is 1.